The first-order valence-corrected chi connectivity index (χ1v) is 13.4. The van der Waals surface area contributed by atoms with Crippen LogP contribution in [-0.2, 0) is 26.2 Å². The summed E-state index contributed by atoms with van der Waals surface area (Å²) in [6.07, 6.45) is 0. The van der Waals surface area contributed by atoms with Gasteiger partial charge in [-0.25, -0.2) is 8.42 Å². The molecular weight excluding hydrogens is 514 g/mol. The highest BCUT2D eigenvalue weighted by Crippen LogP contribution is 2.31. The SMILES string of the molecule is CNC(=O)[C@H](C)N(Cc1cccc(OC)c1)C(=O)CN(c1cccc(Cl)c1C)S(=O)(=O)c1ccccc1. The van der Waals surface area contributed by atoms with Crippen LogP contribution in [0.3, 0.4) is 0 Å². The Kier molecular flexibility index (Phi) is 9.18. The molecule has 0 saturated heterocycles. The van der Waals surface area contributed by atoms with Gasteiger partial charge in [0.15, 0.2) is 0 Å². The van der Waals surface area contributed by atoms with Gasteiger partial charge >= 0.3 is 0 Å². The summed E-state index contributed by atoms with van der Waals surface area (Å²) in [7, 11) is -1.13. The van der Waals surface area contributed by atoms with Gasteiger partial charge in [-0.3, -0.25) is 13.9 Å². The zero-order valence-electron chi connectivity index (χ0n) is 21.1. The van der Waals surface area contributed by atoms with Crippen molar-refractivity contribution in [2.45, 2.75) is 31.3 Å². The third-order valence-corrected chi connectivity index (χ3v) is 8.20. The zero-order valence-corrected chi connectivity index (χ0v) is 22.7. The van der Waals surface area contributed by atoms with E-state index in [0.717, 1.165) is 9.87 Å². The number of nitrogens with one attached hydrogen (secondary N) is 1. The third-order valence-electron chi connectivity index (χ3n) is 6.02. The number of ether oxygens (including phenoxy) is 1. The van der Waals surface area contributed by atoms with E-state index in [2.05, 4.69) is 5.32 Å². The molecule has 0 heterocycles. The number of likely N-dealkylation sites (N-methyl/N-ethyl adjacent to an activating group) is 1. The lowest BCUT2D eigenvalue weighted by Crippen LogP contribution is -2.50. The second kappa shape index (κ2) is 12.1. The number of carbonyl (C=O) groups excluding carboxylic acids is 2. The molecule has 196 valence electrons. The molecular formula is C27H30ClN3O5S. The number of benzene rings is 3. The topological polar surface area (TPSA) is 96.0 Å². The summed E-state index contributed by atoms with van der Waals surface area (Å²) in [5.41, 5.74) is 1.51. The molecule has 3 aromatic carbocycles. The minimum absolute atomic E-state index is 0.0286. The number of anilines is 1. The van der Waals surface area contributed by atoms with Crippen LogP contribution in [0, 0.1) is 6.92 Å². The van der Waals surface area contributed by atoms with Crippen LogP contribution < -0.4 is 14.4 Å². The summed E-state index contributed by atoms with van der Waals surface area (Å²) in [6, 6.07) is 19.0. The van der Waals surface area contributed by atoms with Gasteiger partial charge in [-0.1, -0.05) is 48.0 Å². The Balaban J connectivity index is 2.07. The van der Waals surface area contributed by atoms with Crippen molar-refractivity contribution >= 4 is 39.1 Å². The smallest absolute Gasteiger partial charge is 0.264 e. The van der Waals surface area contributed by atoms with Crippen molar-refractivity contribution in [2.24, 2.45) is 0 Å². The number of carbonyl (C=O) groups is 2. The molecule has 3 aromatic rings. The monoisotopic (exact) mass is 543 g/mol. The summed E-state index contributed by atoms with van der Waals surface area (Å²) in [5, 5.41) is 2.93. The van der Waals surface area contributed by atoms with Crippen LogP contribution in [0.25, 0.3) is 0 Å². The Morgan fingerprint density at radius 1 is 1.03 bits per heavy atom. The van der Waals surface area contributed by atoms with E-state index >= 15 is 0 Å². The Morgan fingerprint density at radius 2 is 1.70 bits per heavy atom. The Morgan fingerprint density at radius 3 is 2.35 bits per heavy atom. The van der Waals surface area contributed by atoms with E-state index in [9.17, 15) is 18.0 Å². The first kappa shape index (κ1) is 28.0. The molecule has 0 radical (unpaired) electrons. The predicted octanol–water partition coefficient (Wildman–Crippen LogP) is 4.02. The second-order valence-electron chi connectivity index (χ2n) is 8.37. The van der Waals surface area contributed by atoms with E-state index in [1.807, 2.05) is 0 Å². The molecule has 1 atom stereocenters. The Bertz CT molecular complexity index is 1370. The molecule has 10 heteroatoms. The summed E-state index contributed by atoms with van der Waals surface area (Å²) >= 11 is 6.32. The fraction of sp³-hybridized carbons (Fsp3) is 0.259. The van der Waals surface area contributed by atoms with Gasteiger partial charge in [0.1, 0.15) is 18.3 Å². The molecule has 3 rings (SSSR count). The van der Waals surface area contributed by atoms with E-state index in [-0.39, 0.29) is 23.0 Å². The largest absolute Gasteiger partial charge is 0.497 e. The number of sulfonamides is 1. The van der Waals surface area contributed by atoms with Crippen LogP contribution in [0.1, 0.15) is 18.1 Å². The number of halogens is 1. The van der Waals surface area contributed by atoms with Crippen molar-refractivity contribution in [3.05, 3.63) is 88.9 Å². The van der Waals surface area contributed by atoms with Crippen molar-refractivity contribution in [3.63, 3.8) is 0 Å². The number of nitrogens with zero attached hydrogens (tertiary/aromatic N) is 2. The van der Waals surface area contributed by atoms with Gasteiger partial charge in [-0.05, 0) is 61.4 Å². The van der Waals surface area contributed by atoms with Gasteiger partial charge in [0.2, 0.25) is 11.8 Å². The van der Waals surface area contributed by atoms with Gasteiger partial charge in [-0.2, -0.15) is 0 Å². The first-order chi connectivity index (χ1) is 17.6. The molecule has 0 aliphatic carbocycles. The van der Waals surface area contributed by atoms with Gasteiger partial charge < -0.3 is 15.0 Å². The fourth-order valence-electron chi connectivity index (χ4n) is 3.86. The molecule has 0 spiro atoms. The number of rotatable bonds is 10. The molecule has 1 N–H and O–H groups in total. The lowest BCUT2D eigenvalue weighted by molar-refractivity contribution is -0.139. The number of hydrogen-bond acceptors (Lipinski definition) is 5. The lowest BCUT2D eigenvalue weighted by atomic mass is 10.1. The number of hydrogen-bond donors (Lipinski definition) is 1. The minimum Gasteiger partial charge on any atom is -0.497 e. The minimum atomic E-state index is -4.15. The van der Waals surface area contributed by atoms with Crippen LogP contribution in [0.5, 0.6) is 5.75 Å². The van der Waals surface area contributed by atoms with Gasteiger partial charge in [0.05, 0.1) is 17.7 Å². The van der Waals surface area contributed by atoms with Crippen LogP contribution in [0.4, 0.5) is 5.69 Å². The van der Waals surface area contributed by atoms with Gasteiger partial charge in [0.25, 0.3) is 10.0 Å². The maximum absolute atomic E-state index is 13.8. The molecule has 8 nitrogen and oxygen atoms in total. The number of methoxy groups -OCH3 is 1. The fourth-order valence-corrected chi connectivity index (χ4v) is 5.52. The average Bonchev–Trinajstić information content (AvgIpc) is 2.91. The first-order valence-electron chi connectivity index (χ1n) is 11.6. The lowest BCUT2D eigenvalue weighted by Gasteiger charge is -2.32. The molecule has 0 aliphatic heterocycles. The molecule has 0 aromatic heterocycles. The van der Waals surface area contributed by atoms with Crippen molar-refractivity contribution in [1.82, 2.24) is 10.2 Å². The van der Waals surface area contributed by atoms with Crippen LogP contribution >= 0.6 is 11.6 Å². The summed E-state index contributed by atoms with van der Waals surface area (Å²) in [6.45, 7) is 2.82. The van der Waals surface area contributed by atoms with Crippen molar-refractivity contribution < 1.29 is 22.7 Å². The molecule has 0 fully saturated rings. The van der Waals surface area contributed by atoms with Gasteiger partial charge in [-0.15, -0.1) is 0 Å². The van der Waals surface area contributed by atoms with E-state index < -0.39 is 28.5 Å². The van der Waals surface area contributed by atoms with Crippen molar-refractivity contribution in [2.75, 3.05) is 25.0 Å². The molecule has 0 aliphatic rings. The molecule has 0 saturated carbocycles. The van der Waals surface area contributed by atoms with E-state index in [0.29, 0.717) is 16.3 Å². The highest BCUT2D eigenvalue weighted by Gasteiger charge is 2.33. The molecule has 2 amide bonds. The quantitative estimate of drug-likeness (QED) is 0.417. The van der Waals surface area contributed by atoms with E-state index in [1.54, 1.807) is 74.5 Å². The Labute approximate surface area is 222 Å². The Hall–Kier alpha value is -3.56. The van der Waals surface area contributed by atoms with E-state index in [1.165, 1.54) is 31.2 Å². The third kappa shape index (κ3) is 6.42. The molecule has 0 unspecified atom stereocenters. The summed E-state index contributed by atoms with van der Waals surface area (Å²) in [4.78, 5) is 27.7. The molecule has 37 heavy (non-hydrogen) atoms. The van der Waals surface area contributed by atoms with Crippen molar-refractivity contribution in [1.29, 1.82) is 0 Å². The van der Waals surface area contributed by atoms with Crippen LogP contribution in [-0.4, -0.2) is 51.9 Å². The maximum atomic E-state index is 13.8. The molecule has 0 bridgehead atoms. The highest BCUT2D eigenvalue weighted by atomic mass is 35.5. The average molecular weight is 544 g/mol. The zero-order chi connectivity index (χ0) is 27.2. The predicted molar refractivity (Wildman–Crippen MR) is 144 cm³/mol. The normalized spacial score (nSPS) is 11.9. The second-order valence-corrected chi connectivity index (χ2v) is 10.6. The number of amides is 2. The highest BCUT2D eigenvalue weighted by molar-refractivity contribution is 7.92. The van der Waals surface area contributed by atoms with Gasteiger partial charge in [0, 0.05) is 18.6 Å². The van der Waals surface area contributed by atoms with Crippen molar-refractivity contribution in [3.8, 4) is 5.75 Å². The van der Waals surface area contributed by atoms with E-state index in [4.69, 9.17) is 16.3 Å². The maximum Gasteiger partial charge on any atom is 0.264 e. The standard InChI is InChI=1S/C27H30ClN3O5S/c1-19-24(28)14-9-15-25(19)31(37(34,35)23-12-6-5-7-13-23)18-26(32)30(20(2)27(33)29-3)17-21-10-8-11-22(16-21)36-4/h5-16,20H,17-18H2,1-4H3,(H,29,33)/t20-/m0/s1. The van der Waals surface area contributed by atoms with Crippen LogP contribution in [0.2, 0.25) is 5.02 Å². The van der Waals surface area contributed by atoms with Crippen LogP contribution in [0.15, 0.2) is 77.7 Å². The summed E-state index contributed by atoms with van der Waals surface area (Å²) in [5.74, 6) is -0.342. The summed E-state index contributed by atoms with van der Waals surface area (Å²) < 4.78 is 33.9.